The number of nitrogens with one attached hydrogen (secondary N) is 1. The Labute approximate surface area is 115 Å². The van der Waals surface area contributed by atoms with Gasteiger partial charge in [-0.1, -0.05) is 13.8 Å². The predicted octanol–water partition coefficient (Wildman–Crippen LogP) is 3.68. The van der Waals surface area contributed by atoms with Crippen LogP contribution in [0.15, 0.2) is 15.9 Å². The highest BCUT2D eigenvalue weighted by Gasteiger charge is 2.42. The van der Waals surface area contributed by atoms with E-state index in [1.54, 1.807) is 11.3 Å². The minimum atomic E-state index is -0.0495. The Bertz CT molecular complexity index is 441. The van der Waals surface area contributed by atoms with Crippen molar-refractivity contribution in [2.24, 2.45) is 5.41 Å². The Morgan fingerprint density at radius 2 is 2.24 bits per heavy atom. The minimum Gasteiger partial charge on any atom is -0.314 e. The standard InChI is InChI=1S/C13H17BrN2S/c1-12(2,10-3-4-11(14)17-10)8-16-9-13(7-15)5-6-13/h3-4,16H,5-6,8-9H2,1-2H3. The molecule has 0 aliphatic heterocycles. The minimum absolute atomic E-state index is 0.0495. The molecule has 0 aromatic carbocycles. The normalized spacial score (nSPS) is 17.8. The van der Waals surface area contributed by atoms with Crippen molar-refractivity contribution in [3.63, 3.8) is 0 Å². The highest BCUT2D eigenvalue weighted by Crippen LogP contribution is 2.44. The van der Waals surface area contributed by atoms with Crippen molar-refractivity contribution >= 4 is 27.3 Å². The Balaban J connectivity index is 1.88. The third-order valence-electron chi connectivity index (χ3n) is 3.36. The average molecular weight is 313 g/mol. The monoisotopic (exact) mass is 312 g/mol. The zero-order valence-corrected chi connectivity index (χ0v) is 12.6. The summed E-state index contributed by atoms with van der Waals surface area (Å²) in [6.07, 6.45) is 2.11. The van der Waals surface area contributed by atoms with Gasteiger partial charge in [-0.15, -0.1) is 11.3 Å². The number of halogens is 1. The second-order valence-corrected chi connectivity index (χ2v) is 7.95. The van der Waals surface area contributed by atoms with Crippen LogP contribution >= 0.6 is 27.3 Å². The van der Waals surface area contributed by atoms with Crippen molar-refractivity contribution < 1.29 is 0 Å². The molecule has 1 aliphatic rings. The summed E-state index contributed by atoms with van der Waals surface area (Å²) >= 11 is 5.29. The summed E-state index contributed by atoms with van der Waals surface area (Å²) < 4.78 is 1.18. The fourth-order valence-corrected chi connectivity index (χ4v) is 3.34. The molecule has 0 radical (unpaired) electrons. The van der Waals surface area contributed by atoms with Gasteiger partial charge in [0, 0.05) is 23.4 Å². The van der Waals surface area contributed by atoms with Gasteiger partial charge in [-0.2, -0.15) is 5.26 Å². The summed E-state index contributed by atoms with van der Waals surface area (Å²) in [6, 6.07) is 6.69. The molecule has 92 valence electrons. The van der Waals surface area contributed by atoms with Crippen LogP contribution in [0.1, 0.15) is 31.6 Å². The van der Waals surface area contributed by atoms with Crippen molar-refractivity contribution in [1.82, 2.24) is 5.32 Å². The van der Waals surface area contributed by atoms with E-state index in [1.165, 1.54) is 8.66 Å². The number of rotatable bonds is 5. The molecule has 0 saturated heterocycles. The van der Waals surface area contributed by atoms with Crippen molar-refractivity contribution in [2.45, 2.75) is 32.1 Å². The average Bonchev–Trinajstić information content (AvgIpc) is 2.92. The summed E-state index contributed by atoms with van der Waals surface area (Å²) in [5.74, 6) is 0. The second-order valence-electron chi connectivity index (χ2n) is 5.48. The summed E-state index contributed by atoms with van der Waals surface area (Å²) in [7, 11) is 0. The Kier molecular flexibility index (Phi) is 3.63. The van der Waals surface area contributed by atoms with Crippen molar-refractivity contribution in [3.05, 3.63) is 20.8 Å². The molecule has 2 rings (SSSR count). The van der Waals surface area contributed by atoms with Gasteiger partial charge < -0.3 is 5.32 Å². The first-order valence-electron chi connectivity index (χ1n) is 5.85. The predicted molar refractivity (Wildman–Crippen MR) is 75.2 cm³/mol. The summed E-state index contributed by atoms with van der Waals surface area (Å²) in [5, 5.41) is 12.5. The van der Waals surface area contributed by atoms with Gasteiger partial charge in [0.1, 0.15) is 0 Å². The zero-order chi connectivity index (χ0) is 12.5. The number of thiophene rings is 1. The van der Waals surface area contributed by atoms with Gasteiger partial charge in [0.05, 0.1) is 15.3 Å². The van der Waals surface area contributed by atoms with E-state index in [9.17, 15) is 0 Å². The lowest BCUT2D eigenvalue weighted by Crippen LogP contribution is -2.35. The Morgan fingerprint density at radius 1 is 1.53 bits per heavy atom. The molecule has 1 aromatic rings. The molecule has 0 atom stereocenters. The number of hydrogen-bond donors (Lipinski definition) is 1. The van der Waals surface area contributed by atoms with E-state index < -0.39 is 0 Å². The van der Waals surface area contributed by atoms with Gasteiger partial charge in [0.2, 0.25) is 0 Å². The topological polar surface area (TPSA) is 35.8 Å². The van der Waals surface area contributed by atoms with Crippen LogP contribution in [-0.2, 0) is 5.41 Å². The molecule has 1 N–H and O–H groups in total. The van der Waals surface area contributed by atoms with Crippen LogP contribution in [0.2, 0.25) is 0 Å². The number of nitriles is 1. The molecule has 1 fully saturated rings. The molecule has 0 unspecified atom stereocenters. The maximum Gasteiger partial charge on any atom is 0.0703 e. The largest absolute Gasteiger partial charge is 0.314 e. The molecule has 0 bridgehead atoms. The van der Waals surface area contributed by atoms with Crippen LogP contribution in [-0.4, -0.2) is 13.1 Å². The SMILES string of the molecule is CC(C)(CNCC1(C#N)CC1)c1ccc(Br)s1. The molecule has 2 nitrogen and oxygen atoms in total. The number of hydrogen-bond acceptors (Lipinski definition) is 3. The Hall–Kier alpha value is -0.370. The van der Waals surface area contributed by atoms with Crippen molar-refractivity contribution in [1.29, 1.82) is 5.26 Å². The van der Waals surface area contributed by atoms with Crippen LogP contribution in [0, 0.1) is 16.7 Å². The van der Waals surface area contributed by atoms with Crippen LogP contribution < -0.4 is 5.32 Å². The maximum atomic E-state index is 9.01. The molecular formula is C13H17BrN2S. The van der Waals surface area contributed by atoms with Crippen molar-refractivity contribution in [2.75, 3.05) is 13.1 Å². The van der Waals surface area contributed by atoms with Gasteiger partial charge in [0.25, 0.3) is 0 Å². The lowest BCUT2D eigenvalue weighted by molar-refractivity contribution is 0.449. The summed E-state index contributed by atoms with van der Waals surface area (Å²) in [5.41, 5.74) is 0.0777. The van der Waals surface area contributed by atoms with Gasteiger partial charge in [-0.3, -0.25) is 0 Å². The van der Waals surface area contributed by atoms with E-state index in [1.807, 2.05) is 0 Å². The first kappa shape index (κ1) is 13.1. The fourth-order valence-electron chi connectivity index (χ4n) is 1.86. The van der Waals surface area contributed by atoms with Gasteiger partial charge >= 0.3 is 0 Å². The van der Waals surface area contributed by atoms with E-state index >= 15 is 0 Å². The van der Waals surface area contributed by atoms with E-state index in [2.05, 4.69) is 53.3 Å². The first-order valence-corrected chi connectivity index (χ1v) is 7.46. The molecule has 1 heterocycles. The second kappa shape index (κ2) is 4.72. The zero-order valence-electron chi connectivity index (χ0n) is 10.2. The fraction of sp³-hybridized carbons (Fsp3) is 0.615. The summed E-state index contributed by atoms with van der Waals surface area (Å²) in [6.45, 7) is 6.23. The molecule has 1 aliphatic carbocycles. The van der Waals surface area contributed by atoms with E-state index in [0.717, 1.165) is 25.9 Å². The lowest BCUT2D eigenvalue weighted by Gasteiger charge is -2.24. The van der Waals surface area contributed by atoms with Gasteiger partial charge in [-0.25, -0.2) is 0 Å². The van der Waals surface area contributed by atoms with E-state index in [0.29, 0.717) is 0 Å². The highest BCUT2D eigenvalue weighted by atomic mass is 79.9. The Morgan fingerprint density at radius 3 is 2.71 bits per heavy atom. The highest BCUT2D eigenvalue weighted by molar-refractivity contribution is 9.11. The molecule has 1 aromatic heterocycles. The molecule has 4 heteroatoms. The lowest BCUT2D eigenvalue weighted by atomic mass is 9.91. The molecule has 17 heavy (non-hydrogen) atoms. The first-order chi connectivity index (χ1) is 7.97. The van der Waals surface area contributed by atoms with Gasteiger partial charge in [-0.05, 0) is 40.9 Å². The molecule has 0 amide bonds. The smallest absolute Gasteiger partial charge is 0.0703 e. The van der Waals surface area contributed by atoms with Crippen molar-refractivity contribution in [3.8, 4) is 6.07 Å². The van der Waals surface area contributed by atoms with Crippen LogP contribution in [0.25, 0.3) is 0 Å². The third-order valence-corrected chi connectivity index (χ3v) is 5.35. The maximum absolute atomic E-state index is 9.01. The van der Waals surface area contributed by atoms with Crippen LogP contribution in [0.5, 0.6) is 0 Å². The summed E-state index contributed by atoms with van der Waals surface area (Å²) in [4.78, 5) is 1.37. The molecule has 0 spiro atoms. The van der Waals surface area contributed by atoms with Gasteiger partial charge in [0.15, 0.2) is 0 Å². The van der Waals surface area contributed by atoms with Crippen LogP contribution in [0.4, 0.5) is 0 Å². The third kappa shape index (κ3) is 3.09. The quantitative estimate of drug-likeness (QED) is 0.900. The molecule has 1 saturated carbocycles. The van der Waals surface area contributed by atoms with E-state index in [-0.39, 0.29) is 10.8 Å². The molecular weight excluding hydrogens is 296 g/mol. The van der Waals surface area contributed by atoms with Crippen LogP contribution in [0.3, 0.4) is 0 Å². The number of nitrogens with zero attached hydrogens (tertiary/aromatic N) is 1. The van der Waals surface area contributed by atoms with E-state index in [4.69, 9.17) is 5.26 Å².